The lowest BCUT2D eigenvalue weighted by Gasteiger charge is -2.24. The first-order valence-corrected chi connectivity index (χ1v) is 7.85. The molecule has 0 saturated carbocycles. The lowest BCUT2D eigenvalue weighted by atomic mass is 10.2. The molecule has 0 aromatic heterocycles. The van der Waals surface area contributed by atoms with Crippen LogP contribution in [0.4, 0.5) is 5.69 Å². The van der Waals surface area contributed by atoms with Crippen LogP contribution >= 0.6 is 0 Å². The van der Waals surface area contributed by atoms with E-state index < -0.39 is 10.0 Å². The summed E-state index contributed by atoms with van der Waals surface area (Å²) in [4.78, 5) is 2.47. The summed E-state index contributed by atoms with van der Waals surface area (Å²) in [6.45, 7) is 4.37. The summed E-state index contributed by atoms with van der Waals surface area (Å²) in [6.07, 6.45) is 1.03. The maximum Gasteiger partial charge on any atom is 0.242 e. The molecule has 0 heterocycles. The van der Waals surface area contributed by atoms with Crippen LogP contribution in [0.2, 0.25) is 0 Å². The number of rotatable bonds is 7. The molecule has 1 rings (SSSR count). The fraction of sp³-hybridized carbons (Fsp3) is 0.538. The lowest BCUT2D eigenvalue weighted by molar-refractivity contribution is 0.521. The van der Waals surface area contributed by atoms with Crippen molar-refractivity contribution < 1.29 is 8.42 Å². The fourth-order valence-electron chi connectivity index (χ4n) is 1.84. The standard InChI is InChI=1S/C13H23N3O2S/c1-4-10-16(11-9-14)12-5-7-13(8-6-12)19(17,18)15(2)3/h5-8H,4,9-11,14H2,1-3H3. The highest BCUT2D eigenvalue weighted by atomic mass is 32.2. The van der Waals surface area contributed by atoms with Gasteiger partial charge in [-0.1, -0.05) is 6.92 Å². The fourth-order valence-corrected chi connectivity index (χ4v) is 2.74. The zero-order valence-electron chi connectivity index (χ0n) is 11.8. The first-order chi connectivity index (χ1) is 8.93. The normalized spacial score (nSPS) is 11.8. The molecule has 0 atom stereocenters. The Morgan fingerprint density at radius 2 is 1.68 bits per heavy atom. The van der Waals surface area contributed by atoms with Crippen molar-refractivity contribution in [3.05, 3.63) is 24.3 Å². The van der Waals surface area contributed by atoms with E-state index in [2.05, 4.69) is 11.8 Å². The minimum Gasteiger partial charge on any atom is -0.370 e. The molecule has 6 heteroatoms. The summed E-state index contributed by atoms with van der Waals surface area (Å²) in [5.41, 5.74) is 6.60. The van der Waals surface area contributed by atoms with Gasteiger partial charge in [0.25, 0.3) is 0 Å². The molecule has 108 valence electrons. The lowest BCUT2D eigenvalue weighted by Crippen LogP contribution is -2.30. The number of hydrogen-bond donors (Lipinski definition) is 1. The molecule has 5 nitrogen and oxygen atoms in total. The number of benzene rings is 1. The molecular weight excluding hydrogens is 262 g/mol. The van der Waals surface area contributed by atoms with Crippen LogP contribution < -0.4 is 10.6 Å². The van der Waals surface area contributed by atoms with Crippen molar-refractivity contribution in [3.8, 4) is 0 Å². The molecule has 0 aliphatic carbocycles. The highest BCUT2D eigenvalue weighted by molar-refractivity contribution is 7.89. The van der Waals surface area contributed by atoms with Crippen molar-refractivity contribution in [3.63, 3.8) is 0 Å². The maximum atomic E-state index is 12.0. The minimum absolute atomic E-state index is 0.311. The molecule has 19 heavy (non-hydrogen) atoms. The Labute approximate surface area is 116 Å². The molecule has 0 radical (unpaired) electrons. The van der Waals surface area contributed by atoms with Crippen molar-refractivity contribution in [1.29, 1.82) is 0 Å². The molecule has 2 N–H and O–H groups in total. The first-order valence-electron chi connectivity index (χ1n) is 6.41. The van der Waals surface area contributed by atoms with Crippen LogP contribution in [0.15, 0.2) is 29.2 Å². The van der Waals surface area contributed by atoms with Crippen LogP contribution in [0, 0.1) is 0 Å². The first kappa shape index (κ1) is 15.9. The van der Waals surface area contributed by atoms with E-state index >= 15 is 0 Å². The number of hydrogen-bond acceptors (Lipinski definition) is 4. The second kappa shape index (κ2) is 6.88. The van der Waals surface area contributed by atoms with Gasteiger partial charge >= 0.3 is 0 Å². The van der Waals surface area contributed by atoms with E-state index in [9.17, 15) is 8.42 Å². The van der Waals surface area contributed by atoms with Crippen molar-refractivity contribution in [2.75, 3.05) is 38.6 Å². The van der Waals surface area contributed by atoms with Crippen molar-refractivity contribution in [2.45, 2.75) is 18.2 Å². The molecule has 0 spiro atoms. The third-order valence-corrected chi connectivity index (χ3v) is 4.70. The van der Waals surface area contributed by atoms with Gasteiger partial charge < -0.3 is 10.6 Å². The largest absolute Gasteiger partial charge is 0.370 e. The molecule has 0 aliphatic heterocycles. The predicted molar refractivity (Wildman–Crippen MR) is 78.9 cm³/mol. The summed E-state index contributed by atoms with van der Waals surface area (Å²) in [5, 5.41) is 0. The molecule has 0 bridgehead atoms. The van der Waals surface area contributed by atoms with Gasteiger partial charge in [0.1, 0.15) is 0 Å². The van der Waals surface area contributed by atoms with Crippen molar-refractivity contribution in [2.24, 2.45) is 5.73 Å². The zero-order chi connectivity index (χ0) is 14.5. The van der Waals surface area contributed by atoms with Gasteiger partial charge in [0.2, 0.25) is 10.0 Å². The summed E-state index contributed by atoms with van der Waals surface area (Å²) < 4.78 is 25.1. The van der Waals surface area contributed by atoms with Crippen LogP contribution in [0.3, 0.4) is 0 Å². The zero-order valence-corrected chi connectivity index (χ0v) is 12.7. The summed E-state index contributed by atoms with van der Waals surface area (Å²) in [7, 11) is -0.296. The van der Waals surface area contributed by atoms with Crippen LogP contribution in [0.25, 0.3) is 0 Å². The van der Waals surface area contributed by atoms with E-state index in [1.54, 1.807) is 12.1 Å². The molecular formula is C13H23N3O2S. The Bertz CT molecular complexity index is 477. The Kier molecular flexibility index (Phi) is 5.78. The summed E-state index contributed by atoms with van der Waals surface area (Å²) in [5.74, 6) is 0. The molecule has 0 fully saturated rings. The SMILES string of the molecule is CCCN(CCN)c1ccc(S(=O)(=O)N(C)C)cc1. The third kappa shape index (κ3) is 3.92. The quantitative estimate of drug-likeness (QED) is 0.815. The predicted octanol–water partition coefficient (Wildman–Crippen LogP) is 1.11. The molecule has 1 aromatic rings. The highest BCUT2D eigenvalue weighted by Gasteiger charge is 2.17. The van der Waals surface area contributed by atoms with E-state index in [0.717, 1.165) is 25.2 Å². The Hall–Kier alpha value is -1.11. The third-order valence-electron chi connectivity index (χ3n) is 2.87. The van der Waals surface area contributed by atoms with Crippen molar-refractivity contribution >= 4 is 15.7 Å². The van der Waals surface area contributed by atoms with Crippen LogP contribution in [0.1, 0.15) is 13.3 Å². The van der Waals surface area contributed by atoms with Gasteiger partial charge in [-0.15, -0.1) is 0 Å². The Morgan fingerprint density at radius 1 is 1.11 bits per heavy atom. The van der Waals surface area contributed by atoms with Crippen molar-refractivity contribution in [1.82, 2.24) is 4.31 Å². The van der Waals surface area contributed by atoms with E-state index in [0.29, 0.717) is 11.4 Å². The van der Waals surface area contributed by atoms with E-state index in [4.69, 9.17) is 5.73 Å². The van der Waals surface area contributed by atoms with Gasteiger partial charge in [0, 0.05) is 39.4 Å². The molecule has 0 amide bonds. The second-order valence-corrected chi connectivity index (χ2v) is 6.71. The Morgan fingerprint density at radius 3 is 2.11 bits per heavy atom. The number of anilines is 1. The monoisotopic (exact) mass is 285 g/mol. The number of nitrogens with two attached hydrogens (primary N) is 1. The summed E-state index contributed by atoms with van der Waals surface area (Å²) >= 11 is 0. The molecule has 0 unspecified atom stereocenters. The van der Waals surface area contributed by atoms with E-state index in [-0.39, 0.29) is 0 Å². The van der Waals surface area contributed by atoms with E-state index in [1.807, 2.05) is 12.1 Å². The maximum absolute atomic E-state index is 12.0. The second-order valence-electron chi connectivity index (χ2n) is 4.56. The van der Waals surface area contributed by atoms with Gasteiger partial charge in [-0.3, -0.25) is 0 Å². The smallest absolute Gasteiger partial charge is 0.242 e. The average molecular weight is 285 g/mol. The van der Waals surface area contributed by atoms with Gasteiger partial charge in [-0.05, 0) is 30.7 Å². The number of nitrogens with zero attached hydrogens (tertiary/aromatic N) is 2. The van der Waals surface area contributed by atoms with Gasteiger partial charge in [-0.2, -0.15) is 0 Å². The summed E-state index contributed by atoms with van der Waals surface area (Å²) in [6, 6.07) is 6.96. The van der Waals surface area contributed by atoms with Crippen LogP contribution in [-0.4, -0.2) is 46.5 Å². The highest BCUT2D eigenvalue weighted by Crippen LogP contribution is 2.19. The van der Waals surface area contributed by atoms with E-state index in [1.165, 1.54) is 18.4 Å². The minimum atomic E-state index is -3.35. The molecule has 0 saturated heterocycles. The van der Waals surface area contributed by atoms with Gasteiger partial charge in [-0.25, -0.2) is 12.7 Å². The van der Waals surface area contributed by atoms with Gasteiger partial charge in [0.05, 0.1) is 4.90 Å². The molecule has 1 aromatic carbocycles. The topological polar surface area (TPSA) is 66.6 Å². The average Bonchev–Trinajstić information content (AvgIpc) is 2.38. The number of sulfonamides is 1. The van der Waals surface area contributed by atoms with Gasteiger partial charge in [0.15, 0.2) is 0 Å². The molecule has 0 aliphatic rings. The van der Waals surface area contributed by atoms with Crippen LogP contribution in [0.5, 0.6) is 0 Å². The van der Waals surface area contributed by atoms with Crippen LogP contribution in [-0.2, 0) is 10.0 Å². The Balaban J connectivity index is 2.98.